The Morgan fingerprint density at radius 2 is 0.636 bits per heavy atom. The average Bonchev–Trinajstić information content (AvgIpc) is 3.03. The maximum atomic E-state index is 12.8. The molecule has 0 heterocycles. The number of ether oxygens (including phenoxy) is 1. The molecule has 0 saturated heterocycles. The summed E-state index contributed by atoms with van der Waals surface area (Å²) in [7, 11) is 0. The Hall–Kier alpha value is -0.790. The Kier molecular flexibility index (Phi) is 36.0. The minimum absolute atomic E-state index is 0.0534. The van der Waals surface area contributed by atoms with Crippen LogP contribution in [-0.2, 0) is 9.53 Å². The van der Waals surface area contributed by atoms with Crippen molar-refractivity contribution in [2.24, 2.45) is 0 Å². The van der Waals surface area contributed by atoms with Gasteiger partial charge >= 0.3 is 5.97 Å². The molecule has 2 nitrogen and oxygen atoms in total. The van der Waals surface area contributed by atoms with Gasteiger partial charge in [-0.05, 0) is 39.0 Å². The van der Waals surface area contributed by atoms with Gasteiger partial charge in [0.2, 0.25) is 0 Å². The quantitative estimate of drug-likeness (QED) is 0.0396. The van der Waals surface area contributed by atoms with Crippen molar-refractivity contribution in [1.82, 2.24) is 0 Å². The van der Waals surface area contributed by atoms with E-state index >= 15 is 0 Å². The van der Waals surface area contributed by atoms with Crippen LogP contribution >= 0.6 is 0 Å². The van der Waals surface area contributed by atoms with Gasteiger partial charge in [-0.25, -0.2) is 4.79 Å². The van der Waals surface area contributed by atoms with E-state index in [0.717, 1.165) is 24.8 Å². The summed E-state index contributed by atoms with van der Waals surface area (Å²) >= 11 is 0. The summed E-state index contributed by atoms with van der Waals surface area (Å²) in [6.45, 7) is 9.44. The molecule has 0 atom stereocenters. The lowest BCUT2D eigenvalue weighted by Crippen LogP contribution is -2.10. The number of hydrogen-bond donors (Lipinski definition) is 0. The summed E-state index contributed by atoms with van der Waals surface area (Å²) < 4.78 is 5.71. The summed E-state index contributed by atoms with van der Waals surface area (Å²) in [5.74, 6) is -0.0534. The van der Waals surface area contributed by atoms with Crippen molar-refractivity contribution in [1.29, 1.82) is 0 Å². The minimum atomic E-state index is -0.0534. The fourth-order valence-corrected chi connectivity index (χ4v) is 6.49. The molecule has 0 N–H and O–H groups in total. The van der Waals surface area contributed by atoms with Crippen molar-refractivity contribution in [2.45, 2.75) is 246 Å². The van der Waals surface area contributed by atoms with Crippen molar-refractivity contribution in [3.8, 4) is 0 Å². The zero-order valence-electron chi connectivity index (χ0n) is 31.1. The zero-order chi connectivity index (χ0) is 32.2. The first-order valence-corrected chi connectivity index (χ1v) is 20.5. The topological polar surface area (TPSA) is 26.3 Å². The van der Waals surface area contributed by atoms with Crippen LogP contribution < -0.4 is 0 Å². The van der Waals surface area contributed by atoms with Crippen LogP contribution in [0.5, 0.6) is 0 Å². The molecule has 0 fully saturated rings. The Morgan fingerprint density at radius 3 is 0.977 bits per heavy atom. The SMILES string of the molecule is CCCCCCCCCCCCCCCCCCC(CCCC)=C(C)C(=O)OCCCCCCCCCCCCCCCC. The summed E-state index contributed by atoms with van der Waals surface area (Å²) in [6.07, 6.45) is 45.9. The smallest absolute Gasteiger partial charge is 0.333 e. The fraction of sp³-hybridized carbons (Fsp3) is 0.929. The van der Waals surface area contributed by atoms with Crippen LogP contribution in [0, 0.1) is 0 Å². The Labute approximate surface area is 278 Å². The molecule has 0 amide bonds. The third-order valence-corrected chi connectivity index (χ3v) is 9.73. The Balaban J connectivity index is 3.80. The maximum absolute atomic E-state index is 12.8. The number of carbonyl (C=O) groups excluding carboxylic acids is 1. The van der Waals surface area contributed by atoms with E-state index in [-0.39, 0.29) is 5.97 Å². The Bertz CT molecular complexity index is 607. The van der Waals surface area contributed by atoms with Crippen molar-refractivity contribution >= 4 is 5.97 Å². The lowest BCUT2D eigenvalue weighted by Gasteiger charge is -2.12. The second-order valence-electron chi connectivity index (χ2n) is 14.1. The van der Waals surface area contributed by atoms with E-state index in [1.807, 2.05) is 6.92 Å². The molecule has 0 rings (SSSR count). The average molecular weight is 619 g/mol. The van der Waals surface area contributed by atoms with Crippen LogP contribution in [-0.4, -0.2) is 12.6 Å². The second-order valence-corrected chi connectivity index (χ2v) is 14.1. The molecule has 0 aliphatic carbocycles. The number of unbranched alkanes of at least 4 members (excludes halogenated alkanes) is 29. The molecule has 0 bridgehead atoms. The lowest BCUT2D eigenvalue weighted by molar-refractivity contribution is -0.139. The van der Waals surface area contributed by atoms with Crippen molar-refractivity contribution in [3.05, 3.63) is 11.1 Å². The molecule has 0 radical (unpaired) electrons. The zero-order valence-corrected chi connectivity index (χ0v) is 31.1. The molecule has 0 aliphatic heterocycles. The number of rotatable bonds is 36. The highest BCUT2D eigenvalue weighted by Gasteiger charge is 2.12. The third-order valence-electron chi connectivity index (χ3n) is 9.73. The Morgan fingerprint density at radius 1 is 0.364 bits per heavy atom. The fourth-order valence-electron chi connectivity index (χ4n) is 6.49. The number of esters is 1. The molecule has 0 saturated carbocycles. The summed E-state index contributed by atoms with van der Waals surface area (Å²) in [5.41, 5.74) is 2.27. The molecule has 0 aliphatic rings. The molecule has 2 heteroatoms. The van der Waals surface area contributed by atoms with Gasteiger partial charge in [0, 0.05) is 5.57 Å². The molecular weight excluding hydrogens is 536 g/mol. The van der Waals surface area contributed by atoms with E-state index < -0.39 is 0 Å². The first-order valence-electron chi connectivity index (χ1n) is 20.5. The van der Waals surface area contributed by atoms with Gasteiger partial charge in [0.05, 0.1) is 6.61 Å². The van der Waals surface area contributed by atoms with Crippen molar-refractivity contribution < 1.29 is 9.53 Å². The van der Waals surface area contributed by atoms with E-state index in [9.17, 15) is 4.79 Å². The molecule has 262 valence electrons. The lowest BCUT2D eigenvalue weighted by atomic mass is 9.96. The summed E-state index contributed by atoms with van der Waals surface area (Å²) in [4.78, 5) is 12.8. The monoisotopic (exact) mass is 619 g/mol. The molecular formula is C42H82O2. The minimum Gasteiger partial charge on any atom is -0.462 e. The van der Waals surface area contributed by atoms with E-state index in [4.69, 9.17) is 4.74 Å². The molecule has 0 aromatic heterocycles. The van der Waals surface area contributed by atoms with Gasteiger partial charge < -0.3 is 4.74 Å². The third kappa shape index (κ3) is 31.2. The van der Waals surface area contributed by atoms with Crippen molar-refractivity contribution in [3.63, 3.8) is 0 Å². The molecule has 0 aromatic rings. The van der Waals surface area contributed by atoms with Gasteiger partial charge in [0.15, 0.2) is 0 Å². The van der Waals surface area contributed by atoms with Gasteiger partial charge in [-0.2, -0.15) is 0 Å². The highest BCUT2D eigenvalue weighted by Crippen LogP contribution is 2.22. The van der Waals surface area contributed by atoms with E-state index in [2.05, 4.69) is 20.8 Å². The molecule has 0 unspecified atom stereocenters. The maximum Gasteiger partial charge on any atom is 0.333 e. The predicted octanol–water partition coefficient (Wildman–Crippen LogP) is 15.2. The summed E-state index contributed by atoms with van der Waals surface area (Å²) in [6, 6.07) is 0. The van der Waals surface area contributed by atoms with Crippen LogP contribution in [0.2, 0.25) is 0 Å². The predicted molar refractivity (Wildman–Crippen MR) is 198 cm³/mol. The normalized spacial score (nSPS) is 12.1. The highest BCUT2D eigenvalue weighted by molar-refractivity contribution is 5.88. The summed E-state index contributed by atoms with van der Waals surface area (Å²) in [5, 5.41) is 0. The highest BCUT2D eigenvalue weighted by atomic mass is 16.5. The van der Waals surface area contributed by atoms with Gasteiger partial charge in [-0.15, -0.1) is 0 Å². The molecule has 0 spiro atoms. The molecule has 44 heavy (non-hydrogen) atoms. The number of carbonyl (C=O) groups is 1. The number of allylic oxidation sites excluding steroid dienone is 1. The van der Waals surface area contributed by atoms with E-state index in [1.54, 1.807) is 0 Å². The van der Waals surface area contributed by atoms with Crippen molar-refractivity contribution in [2.75, 3.05) is 6.61 Å². The van der Waals surface area contributed by atoms with Gasteiger partial charge in [0.25, 0.3) is 0 Å². The standard InChI is InChI=1S/C42H82O2/c1-5-8-11-13-15-17-19-21-23-24-25-27-29-31-33-35-38-41(37-10-7-3)40(4)42(43)44-39-36-34-32-30-28-26-22-20-18-16-14-12-9-6-2/h5-39H2,1-4H3. The van der Waals surface area contributed by atoms with Gasteiger partial charge in [-0.1, -0.05) is 213 Å². The van der Waals surface area contributed by atoms with E-state index in [0.29, 0.717) is 6.61 Å². The van der Waals surface area contributed by atoms with Gasteiger partial charge in [0.1, 0.15) is 0 Å². The first-order chi connectivity index (χ1) is 21.7. The van der Waals surface area contributed by atoms with Crippen LogP contribution in [0.15, 0.2) is 11.1 Å². The first kappa shape index (κ1) is 43.2. The van der Waals surface area contributed by atoms with Crippen LogP contribution in [0.1, 0.15) is 246 Å². The second kappa shape index (κ2) is 36.7. The van der Waals surface area contributed by atoms with Gasteiger partial charge in [-0.3, -0.25) is 0 Å². The number of hydrogen-bond acceptors (Lipinski definition) is 2. The van der Waals surface area contributed by atoms with Crippen LogP contribution in [0.3, 0.4) is 0 Å². The van der Waals surface area contributed by atoms with Crippen LogP contribution in [0.25, 0.3) is 0 Å². The van der Waals surface area contributed by atoms with Crippen LogP contribution in [0.4, 0.5) is 0 Å². The van der Waals surface area contributed by atoms with E-state index in [1.165, 1.54) is 205 Å². The molecule has 0 aromatic carbocycles. The largest absolute Gasteiger partial charge is 0.462 e.